The first-order valence-corrected chi connectivity index (χ1v) is 10.8. The predicted molar refractivity (Wildman–Crippen MR) is 119 cm³/mol. The molecule has 0 aromatic heterocycles. The molecule has 2 aromatic carbocycles. The third-order valence-corrected chi connectivity index (χ3v) is 6.45. The molecule has 8 heteroatoms. The maximum absolute atomic E-state index is 12.2. The van der Waals surface area contributed by atoms with E-state index >= 15 is 0 Å². The Morgan fingerprint density at radius 2 is 1.68 bits per heavy atom. The highest BCUT2D eigenvalue weighted by molar-refractivity contribution is 7.92. The topological polar surface area (TPSA) is 73.8 Å². The summed E-state index contributed by atoms with van der Waals surface area (Å²) in [6, 6.07) is 15.9. The van der Waals surface area contributed by atoms with Crippen molar-refractivity contribution in [3.05, 3.63) is 59.7 Å². The summed E-state index contributed by atoms with van der Waals surface area (Å²) in [7, 11) is -1.63. The van der Waals surface area contributed by atoms with Gasteiger partial charge in [0.1, 0.15) is 0 Å². The van der Waals surface area contributed by atoms with E-state index in [-0.39, 0.29) is 18.2 Å². The molecule has 0 bridgehead atoms. The van der Waals surface area contributed by atoms with Crippen LogP contribution in [0, 0.1) is 0 Å². The van der Waals surface area contributed by atoms with E-state index < -0.39 is 10.0 Å². The average molecular weight is 423 g/mol. The van der Waals surface area contributed by atoms with Crippen LogP contribution in [0.15, 0.2) is 53.5 Å². The van der Waals surface area contributed by atoms with Gasteiger partial charge in [0, 0.05) is 19.3 Å². The van der Waals surface area contributed by atoms with E-state index in [1.54, 1.807) is 7.05 Å². The molecule has 1 aliphatic heterocycles. The first kappa shape index (κ1) is 22.0. The molecule has 0 spiro atoms. The fraction of sp³-hybridized carbons (Fsp3) is 0.350. The number of halogens is 1. The van der Waals surface area contributed by atoms with Crippen LogP contribution in [0.4, 0.5) is 11.4 Å². The minimum absolute atomic E-state index is 0. The van der Waals surface area contributed by atoms with Crippen molar-refractivity contribution in [1.82, 2.24) is 5.32 Å². The smallest absolute Gasteiger partial charge is 0.234 e. The molecule has 2 aromatic rings. The number of sulfonamides is 1. The van der Waals surface area contributed by atoms with Crippen molar-refractivity contribution in [3.8, 4) is 0 Å². The van der Waals surface area contributed by atoms with Crippen molar-refractivity contribution in [2.24, 2.45) is 4.99 Å². The SMILES string of the molecule is CCCS(=O)(=O)N(C)c1ccc(Cc2ccc(NC3=NCCN3)cc2)cc1.Cl. The number of benzene rings is 2. The van der Waals surface area contributed by atoms with E-state index in [1.807, 2.05) is 43.3 Å². The molecule has 1 heterocycles. The second kappa shape index (κ2) is 9.80. The third-order valence-electron chi connectivity index (χ3n) is 4.48. The minimum atomic E-state index is -3.24. The fourth-order valence-corrected chi connectivity index (χ4v) is 4.17. The number of hydrogen-bond acceptors (Lipinski definition) is 5. The van der Waals surface area contributed by atoms with Gasteiger partial charge in [-0.3, -0.25) is 9.30 Å². The number of aliphatic imine (C=N–C) groups is 1. The highest BCUT2D eigenvalue weighted by atomic mass is 35.5. The predicted octanol–water partition coefficient (Wildman–Crippen LogP) is 3.25. The van der Waals surface area contributed by atoms with Crippen molar-refractivity contribution in [3.63, 3.8) is 0 Å². The largest absolute Gasteiger partial charge is 0.354 e. The summed E-state index contributed by atoms with van der Waals surface area (Å²) in [5.41, 5.74) is 4.03. The zero-order valence-corrected chi connectivity index (χ0v) is 17.8. The van der Waals surface area contributed by atoms with Gasteiger partial charge in [-0.2, -0.15) is 0 Å². The van der Waals surface area contributed by atoms with Crippen LogP contribution in [0.3, 0.4) is 0 Å². The van der Waals surface area contributed by atoms with Crippen molar-refractivity contribution < 1.29 is 8.42 Å². The molecule has 0 fully saturated rings. The molecule has 28 heavy (non-hydrogen) atoms. The van der Waals surface area contributed by atoms with Gasteiger partial charge in [0.05, 0.1) is 18.0 Å². The van der Waals surface area contributed by atoms with Gasteiger partial charge >= 0.3 is 0 Å². The summed E-state index contributed by atoms with van der Waals surface area (Å²) in [5.74, 6) is 0.980. The first-order valence-electron chi connectivity index (χ1n) is 9.18. The number of anilines is 2. The van der Waals surface area contributed by atoms with Crippen molar-refractivity contribution in [1.29, 1.82) is 0 Å². The zero-order chi connectivity index (χ0) is 19.3. The van der Waals surface area contributed by atoms with Gasteiger partial charge in [0.2, 0.25) is 10.0 Å². The van der Waals surface area contributed by atoms with Crippen LogP contribution in [0.2, 0.25) is 0 Å². The monoisotopic (exact) mass is 422 g/mol. The van der Waals surface area contributed by atoms with Gasteiger partial charge in [-0.05, 0) is 48.2 Å². The molecule has 152 valence electrons. The molecule has 6 nitrogen and oxygen atoms in total. The molecule has 0 unspecified atom stereocenters. The van der Waals surface area contributed by atoms with Crippen molar-refractivity contribution in [2.45, 2.75) is 19.8 Å². The number of guanidine groups is 1. The molecule has 0 saturated heterocycles. The lowest BCUT2D eigenvalue weighted by molar-refractivity contribution is 0.593. The van der Waals surface area contributed by atoms with Crippen LogP contribution in [0.1, 0.15) is 24.5 Å². The van der Waals surface area contributed by atoms with Crippen molar-refractivity contribution in [2.75, 3.05) is 35.5 Å². The van der Waals surface area contributed by atoms with Crippen LogP contribution in [-0.4, -0.2) is 40.3 Å². The van der Waals surface area contributed by atoms with Crippen molar-refractivity contribution >= 4 is 39.8 Å². The van der Waals surface area contributed by atoms with Gasteiger partial charge in [-0.1, -0.05) is 31.2 Å². The lowest BCUT2D eigenvalue weighted by Gasteiger charge is -2.19. The van der Waals surface area contributed by atoms with Crippen LogP contribution in [0.25, 0.3) is 0 Å². The quantitative estimate of drug-likeness (QED) is 0.718. The van der Waals surface area contributed by atoms with Gasteiger partial charge in [0.15, 0.2) is 5.96 Å². The van der Waals surface area contributed by atoms with Gasteiger partial charge in [-0.15, -0.1) is 12.4 Å². The Hall–Kier alpha value is -2.25. The van der Waals surface area contributed by atoms with Crippen LogP contribution in [-0.2, 0) is 16.4 Å². The van der Waals surface area contributed by atoms with Crippen LogP contribution >= 0.6 is 12.4 Å². The zero-order valence-electron chi connectivity index (χ0n) is 16.2. The summed E-state index contributed by atoms with van der Waals surface area (Å²) in [6.45, 7) is 3.56. The number of nitrogens with zero attached hydrogens (tertiary/aromatic N) is 2. The fourth-order valence-electron chi connectivity index (χ4n) is 2.94. The summed E-state index contributed by atoms with van der Waals surface area (Å²) >= 11 is 0. The molecule has 0 aliphatic carbocycles. The summed E-state index contributed by atoms with van der Waals surface area (Å²) in [4.78, 5) is 4.32. The van der Waals surface area contributed by atoms with Gasteiger partial charge in [0.25, 0.3) is 0 Å². The van der Waals surface area contributed by atoms with E-state index in [1.165, 1.54) is 9.87 Å². The van der Waals surface area contributed by atoms with E-state index in [4.69, 9.17) is 0 Å². The standard InChI is InChI=1S/C20H26N4O2S.ClH/c1-3-14-27(25,26)24(2)19-10-6-17(7-11-19)15-16-4-8-18(9-5-16)23-20-21-12-13-22-20;/h4-11H,3,12-15H2,1-2H3,(H2,21,22,23);1H. The van der Waals surface area contributed by atoms with E-state index in [0.29, 0.717) is 12.1 Å². The van der Waals surface area contributed by atoms with E-state index in [2.05, 4.69) is 27.8 Å². The molecule has 0 radical (unpaired) electrons. The Morgan fingerprint density at radius 1 is 1.07 bits per heavy atom. The molecule has 2 N–H and O–H groups in total. The Labute approximate surface area is 173 Å². The lowest BCUT2D eigenvalue weighted by Crippen LogP contribution is -2.28. The maximum atomic E-state index is 12.2. The molecule has 0 saturated carbocycles. The van der Waals surface area contributed by atoms with Crippen LogP contribution in [0.5, 0.6) is 0 Å². The minimum Gasteiger partial charge on any atom is -0.354 e. The summed E-state index contributed by atoms with van der Waals surface area (Å²) < 4.78 is 25.7. The Bertz CT molecular complexity index is 897. The Morgan fingerprint density at radius 3 is 2.21 bits per heavy atom. The third kappa shape index (κ3) is 5.62. The lowest BCUT2D eigenvalue weighted by atomic mass is 10.0. The van der Waals surface area contributed by atoms with E-state index in [9.17, 15) is 8.42 Å². The number of nitrogens with one attached hydrogen (secondary N) is 2. The second-order valence-electron chi connectivity index (χ2n) is 6.61. The molecule has 1 aliphatic rings. The maximum Gasteiger partial charge on any atom is 0.234 e. The summed E-state index contributed by atoms with van der Waals surface area (Å²) in [6.07, 6.45) is 1.41. The van der Waals surface area contributed by atoms with E-state index in [0.717, 1.165) is 36.7 Å². The Balaban J connectivity index is 0.00000280. The Kier molecular flexibility index (Phi) is 7.71. The molecular weight excluding hydrogens is 396 g/mol. The molecule has 0 atom stereocenters. The van der Waals surface area contributed by atoms with Gasteiger partial charge < -0.3 is 10.6 Å². The number of hydrogen-bond donors (Lipinski definition) is 2. The van der Waals surface area contributed by atoms with Crippen LogP contribution < -0.4 is 14.9 Å². The highest BCUT2D eigenvalue weighted by Crippen LogP contribution is 2.20. The average Bonchev–Trinajstić information content (AvgIpc) is 3.16. The van der Waals surface area contributed by atoms with Gasteiger partial charge in [-0.25, -0.2) is 8.42 Å². The summed E-state index contributed by atoms with van der Waals surface area (Å²) in [5, 5.41) is 6.44. The normalized spacial score (nSPS) is 13.3. The molecule has 3 rings (SSSR count). The molecule has 0 amide bonds. The first-order chi connectivity index (χ1) is 13.0. The number of rotatable bonds is 7. The second-order valence-corrected chi connectivity index (χ2v) is 8.73. The highest BCUT2D eigenvalue weighted by Gasteiger charge is 2.16. The molecular formula is C20H27ClN4O2S.